The van der Waals surface area contributed by atoms with E-state index < -0.39 is 0 Å². The third-order valence-corrected chi connectivity index (χ3v) is 4.40. The van der Waals surface area contributed by atoms with Crippen LogP contribution < -0.4 is 5.32 Å². The smallest absolute Gasteiger partial charge is 0.251 e. The van der Waals surface area contributed by atoms with Gasteiger partial charge in [-0.05, 0) is 43.5 Å². The number of hydrogen-bond donors (Lipinski definition) is 1. The van der Waals surface area contributed by atoms with Gasteiger partial charge in [0, 0.05) is 5.56 Å². The van der Waals surface area contributed by atoms with Crippen LogP contribution in [0.15, 0.2) is 48.5 Å². The van der Waals surface area contributed by atoms with E-state index in [1.54, 1.807) is 0 Å². The quantitative estimate of drug-likeness (QED) is 0.759. The van der Waals surface area contributed by atoms with Crippen molar-refractivity contribution in [2.24, 2.45) is 0 Å². The molecular weight excluding hydrogens is 310 g/mol. The normalized spacial score (nSPS) is 12.1. The third kappa shape index (κ3) is 3.68. The van der Waals surface area contributed by atoms with E-state index in [1.807, 2.05) is 55.5 Å². The summed E-state index contributed by atoms with van der Waals surface area (Å²) in [4.78, 5) is 22.0. The van der Waals surface area contributed by atoms with Crippen LogP contribution in [0.25, 0.3) is 11.0 Å². The summed E-state index contributed by atoms with van der Waals surface area (Å²) in [6, 6.07) is 15.4. The molecule has 1 unspecified atom stereocenters. The average Bonchev–Trinajstić information content (AvgIpc) is 2.66. The monoisotopic (exact) mass is 333 g/mol. The first-order valence-electron chi connectivity index (χ1n) is 8.77. The van der Waals surface area contributed by atoms with Crippen LogP contribution in [-0.2, 0) is 12.8 Å². The second-order valence-electron chi connectivity index (χ2n) is 6.13. The lowest BCUT2D eigenvalue weighted by Crippen LogP contribution is -2.26. The summed E-state index contributed by atoms with van der Waals surface area (Å²) in [7, 11) is 0. The number of amides is 1. The van der Waals surface area contributed by atoms with Crippen molar-refractivity contribution in [1.82, 2.24) is 15.3 Å². The van der Waals surface area contributed by atoms with Crippen LogP contribution in [-0.4, -0.2) is 15.9 Å². The highest BCUT2D eigenvalue weighted by molar-refractivity contribution is 5.97. The molecule has 128 valence electrons. The molecule has 3 rings (SSSR count). The molecule has 4 nitrogen and oxygen atoms in total. The molecule has 0 radical (unpaired) electrons. The van der Waals surface area contributed by atoms with Crippen molar-refractivity contribution in [3.8, 4) is 0 Å². The Balaban J connectivity index is 1.86. The molecule has 2 aromatic carbocycles. The van der Waals surface area contributed by atoms with Gasteiger partial charge < -0.3 is 5.32 Å². The van der Waals surface area contributed by atoms with Crippen LogP contribution in [0.2, 0.25) is 0 Å². The first-order chi connectivity index (χ1) is 12.1. The van der Waals surface area contributed by atoms with Gasteiger partial charge in [-0.2, -0.15) is 0 Å². The van der Waals surface area contributed by atoms with E-state index in [0.29, 0.717) is 5.56 Å². The Morgan fingerprint density at radius 3 is 2.24 bits per heavy atom. The number of nitrogens with zero attached hydrogens (tertiary/aromatic N) is 2. The lowest BCUT2D eigenvalue weighted by Gasteiger charge is -2.14. The van der Waals surface area contributed by atoms with Gasteiger partial charge in [0.15, 0.2) is 0 Å². The Morgan fingerprint density at radius 2 is 1.60 bits per heavy atom. The minimum absolute atomic E-state index is 0.0517. The maximum absolute atomic E-state index is 12.6. The van der Waals surface area contributed by atoms with Gasteiger partial charge in [0.05, 0.1) is 28.5 Å². The highest BCUT2D eigenvalue weighted by Crippen LogP contribution is 2.18. The van der Waals surface area contributed by atoms with Gasteiger partial charge in [0.25, 0.3) is 5.91 Å². The summed E-state index contributed by atoms with van der Waals surface area (Å²) >= 11 is 0. The molecule has 1 N–H and O–H groups in total. The largest absolute Gasteiger partial charge is 0.346 e. The minimum Gasteiger partial charge on any atom is -0.346 e. The summed E-state index contributed by atoms with van der Waals surface area (Å²) in [6.07, 6.45) is 1.70. The van der Waals surface area contributed by atoms with E-state index in [9.17, 15) is 4.79 Å². The van der Waals surface area contributed by atoms with Crippen LogP contribution in [0.3, 0.4) is 0 Å². The first kappa shape index (κ1) is 17.1. The van der Waals surface area contributed by atoms with E-state index in [0.717, 1.165) is 40.8 Å². The molecule has 0 aliphatic carbocycles. The number of aromatic nitrogens is 2. The van der Waals surface area contributed by atoms with Crippen molar-refractivity contribution < 1.29 is 4.79 Å². The Kier molecular flexibility index (Phi) is 5.08. The van der Waals surface area contributed by atoms with Crippen LogP contribution in [0.5, 0.6) is 0 Å². The van der Waals surface area contributed by atoms with Gasteiger partial charge >= 0.3 is 0 Å². The number of carbonyl (C=O) groups excluding carboxylic acids is 1. The predicted octanol–water partition coefficient (Wildman–Crippen LogP) is 4.25. The molecule has 25 heavy (non-hydrogen) atoms. The fourth-order valence-electron chi connectivity index (χ4n) is 2.94. The fraction of sp³-hybridized carbons (Fsp3) is 0.286. The predicted molar refractivity (Wildman–Crippen MR) is 101 cm³/mol. The summed E-state index contributed by atoms with van der Waals surface area (Å²) in [5.74, 6) is -0.0994. The SMILES string of the molecule is CCc1nc2ccc(C(=O)NC(C)c3ccccc3)cc2nc1CC. The molecule has 3 aromatic rings. The summed E-state index contributed by atoms with van der Waals surface area (Å²) < 4.78 is 0. The van der Waals surface area contributed by atoms with Crippen molar-refractivity contribution in [2.75, 3.05) is 0 Å². The van der Waals surface area contributed by atoms with E-state index in [2.05, 4.69) is 24.1 Å². The highest BCUT2D eigenvalue weighted by atomic mass is 16.1. The summed E-state index contributed by atoms with van der Waals surface area (Å²) in [5, 5.41) is 3.04. The molecule has 0 saturated carbocycles. The molecule has 0 aliphatic rings. The first-order valence-corrected chi connectivity index (χ1v) is 8.77. The van der Waals surface area contributed by atoms with E-state index in [1.165, 1.54) is 0 Å². The van der Waals surface area contributed by atoms with Crippen molar-refractivity contribution in [3.63, 3.8) is 0 Å². The third-order valence-electron chi connectivity index (χ3n) is 4.40. The number of aryl methyl sites for hydroxylation is 2. The maximum atomic E-state index is 12.6. The van der Waals surface area contributed by atoms with Crippen molar-refractivity contribution in [1.29, 1.82) is 0 Å². The van der Waals surface area contributed by atoms with Crippen molar-refractivity contribution in [3.05, 3.63) is 71.0 Å². The van der Waals surface area contributed by atoms with Gasteiger partial charge in [0.2, 0.25) is 0 Å². The lowest BCUT2D eigenvalue weighted by atomic mass is 10.1. The van der Waals surface area contributed by atoms with Crippen LogP contribution >= 0.6 is 0 Å². The number of nitrogens with one attached hydrogen (secondary N) is 1. The molecule has 1 aromatic heterocycles. The van der Waals surface area contributed by atoms with E-state index >= 15 is 0 Å². The standard InChI is InChI=1S/C21H23N3O/c1-4-17-18(5-2)24-20-13-16(11-12-19(20)23-17)21(25)22-14(3)15-9-7-6-8-10-15/h6-14H,4-5H2,1-3H3,(H,22,25). The lowest BCUT2D eigenvalue weighted by molar-refractivity contribution is 0.0940. The molecule has 0 spiro atoms. The molecule has 0 bridgehead atoms. The zero-order valence-corrected chi connectivity index (χ0v) is 14.9. The molecule has 0 fully saturated rings. The number of benzene rings is 2. The number of fused-ring (bicyclic) bond motifs is 1. The Labute approximate surface area is 148 Å². The Bertz CT molecular complexity index is 890. The topological polar surface area (TPSA) is 54.9 Å². The van der Waals surface area contributed by atoms with Gasteiger partial charge in [0.1, 0.15) is 0 Å². The van der Waals surface area contributed by atoms with Crippen molar-refractivity contribution >= 4 is 16.9 Å². The molecule has 1 heterocycles. The number of rotatable bonds is 5. The zero-order chi connectivity index (χ0) is 17.8. The van der Waals surface area contributed by atoms with Crippen LogP contribution in [0.4, 0.5) is 0 Å². The minimum atomic E-state index is -0.0994. The zero-order valence-electron chi connectivity index (χ0n) is 14.9. The average molecular weight is 333 g/mol. The second kappa shape index (κ2) is 7.43. The molecule has 0 aliphatic heterocycles. The molecular formula is C21H23N3O. The van der Waals surface area contributed by atoms with Gasteiger partial charge in [-0.25, -0.2) is 9.97 Å². The number of hydrogen-bond acceptors (Lipinski definition) is 3. The molecule has 0 saturated heterocycles. The van der Waals surface area contributed by atoms with Crippen LogP contribution in [0, 0.1) is 0 Å². The number of carbonyl (C=O) groups is 1. The Morgan fingerprint density at radius 1 is 0.960 bits per heavy atom. The second-order valence-corrected chi connectivity index (χ2v) is 6.13. The Hall–Kier alpha value is -2.75. The van der Waals surface area contributed by atoms with Gasteiger partial charge in [-0.3, -0.25) is 4.79 Å². The molecule has 1 amide bonds. The fourth-order valence-corrected chi connectivity index (χ4v) is 2.94. The summed E-state index contributed by atoms with van der Waals surface area (Å²) in [6.45, 7) is 6.14. The van der Waals surface area contributed by atoms with Crippen LogP contribution in [0.1, 0.15) is 54.1 Å². The molecule has 4 heteroatoms. The van der Waals surface area contributed by atoms with E-state index in [4.69, 9.17) is 4.98 Å². The summed E-state index contributed by atoms with van der Waals surface area (Å²) in [5.41, 5.74) is 5.33. The molecule has 1 atom stereocenters. The van der Waals surface area contributed by atoms with Gasteiger partial charge in [-0.15, -0.1) is 0 Å². The van der Waals surface area contributed by atoms with Crippen molar-refractivity contribution in [2.45, 2.75) is 39.7 Å². The van der Waals surface area contributed by atoms with E-state index in [-0.39, 0.29) is 11.9 Å². The highest BCUT2D eigenvalue weighted by Gasteiger charge is 2.13. The maximum Gasteiger partial charge on any atom is 0.251 e. The van der Waals surface area contributed by atoms with Gasteiger partial charge in [-0.1, -0.05) is 44.2 Å².